The Morgan fingerprint density at radius 2 is 1.68 bits per heavy atom. The molecule has 1 saturated heterocycles. The van der Waals surface area contributed by atoms with Crippen LogP contribution in [0.25, 0.3) is 0 Å². The SMILES string of the molecule is Cc1ccccc1C(=O)OCC1OC(n2cnc(N)nc2=O)CC1OC(=O)c1ccccc1C. The minimum Gasteiger partial charge on any atom is -0.459 e. The Bertz CT molecular complexity index is 1270. The van der Waals surface area contributed by atoms with Crippen LogP contribution < -0.4 is 11.4 Å². The monoisotopic (exact) mass is 464 g/mol. The number of aromatic nitrogens is 3. The van der Waals surface area contributed by atoms with E-state index in [9.17, 15) is 14.4 Å². The third-order valence-electron chi connectivity index (χ3n) is 5.60. The average Bonchev–Trinajstić information content (AvgIpc) is 3.20. The number of aryl methyl sites for hydroxylation is 2. The summed E-state index contributed by atoms with van der Waals surface area (Å²) in [5.74, 6) is -1.23. The lowest BCUT2D eigenvalue weighted by molar-refractivity contribution is -0.0584. The number of anilines is 1. The van der Waals surface area contributed by atoms with Crippen molar-refractivity contribution in [2.75, 3.05) is 12.3 Å². The van der Waals surface area contributed by atoms with E-state index >= 15 is 0 Å². The maximum absolute atomic E-state index is 12.8. The second kappa shape index (κ2) is 9.84. The van der Waals surface area contributed by atoms with E-state index in [1.54, 1.807) is 50.2 Å². The Balaban J connectivity index is 1.53. The molecule has 0 aliphatic carbocycles. The number of hydrogen-bond donors (Lipinski definition) is 1. The molecule has 0 amide bonds. The van der Waals surface area contributed by atoms with Crippen molar-refractivity contribution in [1.82, 2.24) is 14.5 Å². The van der Waals surface area contributed by atoms with E-state index in [1.165, 1.54) is 6.33 Å². The summed E-state index contributed by atoms with van der Waals surface area (Å²) in [4.78, 5) is 45.1. The van der Waals surface area contributed by atoms with E-state index < -0.39 is 36.1 Å². The Morgan fingerprint density at radius 3 is 2.29 bits per heavy atom. The van der Waals surface area contributed by atoms with Crippen molar-refractivity contribution in [2.45, 2.75) is 38.7 Å². The highest BCUT2D eigenvalue weighted by molar-refractivity contribution is 5.91. The summed E-state index contributed by atoms with van der Waals surface area (Å²) in [5, 5.41) is 0. The number of esters is 2. The van der Waals surface area contributed by atoms with Gasteiger partial charge in [-0.1, -0.05) is 36.4 Å². The molecule has 0 radical (unpaired) electrons. The van der Waals surface area contributed by atoms with Crippen LogP contribution in [0.2, 0.25) is 0 Å². The van der Waals surface area contributed by atoms with Gasteiger partial charge < -0.3 is 19.9 Å². The second-order valence-electron chi connectivity index (χ2n) is 7.94. The Labute approximate surface area is 195 Å². The van der Waals surface area contributed by atoms with E-state index in [4.69, 9.17) is 19.9 Å². The number of carbonyl (C=O) groups excluding carboxylic acids is 2. The van der Waals surface area contributed by atoms with Gasteiger partial charge in [0.05, 0.1) is 11.1 Å². The van der Waals surface area contributed by atoms with Crippen molar-refractivity contribution in [1.29, 1.82) is 0 Å². The van der Waals surface area contributed by atoms with Crippen LogP contribution in [0.1, 0.15) is 44.5 Å². The maximum atomic E-state index is 12.8. The lowest BCUT2D eigenvalue weighted by atomic mass is 10.1. The Morgan fingerprint density at radius 1 is 1.06 bits per heavy atom. The van der Waals surface area contributed by atoms with Crippen LogP contribution in [0.4, 0.5) is 5.95 Å². The molecule has 3 unspecified atom stereocenters. The molecule has 0 bridgehead atoms. The van der Waals surface area contributed by atoms with Gasteiger partial charge in [0.25, 0.3) is 0 Å². The predicted octanol–water partition coefficient (Wildman–Crippen LogP) is 2.21. The molecular formula is C24H24N4O6. The van der Waals surface area contributed by atoms with Crippen molar-refractivity contribution >= 4 is 17.9 Å². The first-order valence-electron chi connectivity index (χ1n) is 10.7. The Kier molecular flexibility index (Phi) is 6.69. The van der Waals surface area contributed by atoms with Crippen molar-refractivity contribution < 1.29 is 23.8 Å². The zero-order valence-electron chi connectivity index (χ0n) is 18.7. The largest absolute Gasteiger partial charge is 0.459 e. The lowest BCUT2D eigenvalue weighted by Gasteiger charge is -2.19. The highest BCUT2D eigenvalue weighted by Gasteiger charge is 2.40. The second-order valence-corrected chi connectivity index (χ2v) is 7.94. The summed E-state index contributed by atoms with van der Waals surface area (Å²) in [6.45, 7) is 3.43. The fourth-order valence-corrected chi connectivity index (χ4v) is 3.74. The number of nitrogens with zero attached hydrogens (tertiary/aromatic N) is 3. The molecule has 34 heavy (non-hydrogen) atoms. The fourth-order valence-electron chi connectivity index (χ4n) is 3.74. The number of ether oxygens (including phenoxy) is 3. The van der Waals surface area contributed by atoms with Gasteiger partial charge in [0.1, 0.15) is 31.4 Å². The van der Waals surface area contributed by atoms with Gasteiger partial charge in [0, 0.05) is 6.42 Å². The number of hydrogen-bond acceptors (Lipinski definition) is 9. The molecule has 1 fully saturated rings. The van der Waals surface area contributed by atoms with Crippen molar-refractivity contribution in [3.05, 3.63) is 87.6 Å². The smallest absolute Gasteiger partial charge is 0.354 e. The molecule has 1 aliphatic heterocycles. The molecule has 0 saturated carbocycles. The number of nitrogens with two attached hydrogens (primary N) is 1. The van der Waals surface area contributed by atoms with Crippen LogP contribution in [-0.4, -0.2) is 45.3 Å². The summed E-state index contributed by atoms with van der Waals surface area (Å²) < 4.78 is 18.3. The average molecular weight is 464 g/mol. The van der Waals surface area contributed by atoms with E-state index in [0.29, 0.717) is 11.1 Å². The zero-order valence-corrected chi connectivity index (χ0v) is 18.7. The molecule has 2 aromatic carbocycles. The van der Waals surface area contributed by atoms with E-state index in [1.807, 2.05) is 12.1 Å². The molecule has 0 spiro atoms. The maximum Gasteiger partial charge on any atom is 0.354 e. The standard InChI is InChI=1S/C24H24N4O6/c1-14-7-3-5-9-16(14)21(29)32-12-19-18(34-22(30)17-10-6-4-8-15(17)2)11-20(33-19)28-13-26-23(25)27-24(28)31/h3-10,13,18-20H,11-12H2,1-2H3,(H2,25,27,31). The molecule has 2 heterocycles. The molecule has 4 rings (SSSR count). The van der Waals surface area contributed by atoms with Gasteiger partial charge in [-0.15, -0.1) is 0 Å². The van der Waals surface area contributed by atoms with Gasteiger partial charge >= 0.3 is 17.6 Å². The number of nitrogen functional groups attached to an aromatic ring is 1. The van der Waals surface area contributed by atoms with E-state index in [-0.39, 0.29) is 19.0 Å². The van der Waals surface area contributed by atoms with Crippen LogP contribution in [0.15, 0.2) is 59.7 Å². The third-order valence-corrected chi connectivity index (χ3v) is 5.60. The molecule has 1 aliphatic rings. The normalized spacial score (nSPS) is 19.5. The predicted molar refractivity (Wildman–Crippen MR) is 121 cm³/mol. The number of benzene rings is 2. The highest BCUT2D eigenvalue weighted by atomic mass is 16.6. The minimum absolute atomic E-state index is 0.136. The molecular weight excluding hydrogens is 440 g/mol. The first-order chi connectivity index (χ1) is 16.3. The van der Waals surface area contributed by atoms with Crippen LogP contribution in [0.5, 0.6) is 0 Å². The van der Waals surface area contributed by atoms with Crippen molar-refractivity contribution in [3.63, 3.8) is 0 Å². The van der Waals surface area contributed by atoms with Gasteiger partial charge in [0.2, 0.25) is 5.95 Å². The van der Waals surface area contributed by atoms with Gasteiger partial charge in [-0.2, -0.15) is 4.98 Å². The Hall–Kier alpha value is -4.05. The summed E-state index contributed by atoms with van der Waals surface area (Å²) in [6.07, 6.45) is -1.07. The van der Waals surface area contributed by atoms with Gasteiger partial charge in [0.15, 0.2) is 0 Å². The van der Waals surface area contributed by atoms with Gasteiger partial charge in [-0.3, -0.25) is 4.57 Å². The molecule has 3 aromatic rings. The molecule has 176 valence electrons. The van der Waals surface area contributed by atoms with Crippen molar-refractivity contribution in [2.24, 2.45) is 0 Å². The van der Waals surface area contributed by atoms with Crippen LogP contribution in [-0.2, 0) is 14.2 Å². The number of carbonyl (C=O) groups is 2. The summed E-state index contributed by atoms with van der Waals surface area (Å²) in [5.41, 5.74) is 7.18. The third kappa shape index (κ3) is 4.96. The lowest BCUT2D eigenvalue weighted by Crippen LogP contribution is -2.32. The first kappa shape index (κ1) is 23.1. The topological polar surface area (TPSA) is 136 Å². The zero-order chi connectivity index (χ0) is 24.2. The van der Waals surface area contributed by atoms with Gasteiger partial charge in [-0.05, 0) is 37.1 Å². The van der Waals surface area contributed by atoms with Crippen LogP contribution in [0.3, 0.4) is 0 Å². The summed E-state index contributed by atoms with van der Waals surface area (Å²) in [7, 11) is 0. The van der Waals surface area contributed by atoms with E-state index in [2.05, 4.69) is 9.97 Å². The number of rotatable bonds is 6. The highest BCUT2D eigenvalue weighted by Crippen LogP contribution is 2.31. The van der Waals surface area contributed by atoms with Crippen LogP contribution >= 0.6 is 0 Å². The van der Waals surface area contributed by atoms with Gasteiger partial charge in [-0.25, -0.2) is 19.4 Å². The minimum atomic E-state index is -0.829. The quantitative estimate of drug-likeness (QED) is 0.545. The summed E-state index contributed by atoms with van der Waals surface area (Å²) in [6, 6.07) is 14.1. The molecule has 10 nitrogen and oxygen atoms in total. The fraction of sp³-hybridized carbons (Fsp3) is 0.292. The van der Waals surface area contributed by atoms with E-state index in [0.717, 1.165) is 15.7 Å². The summed E-state index contributed by atoms with van der Waals surface area (Å²) >= 11 is 0. The molecule has 10 heteroatoms. The molecule has 2 N–H and O–H groups in total. The molecule has 3 atom stereocenters. The van der Waals surface area contributed by atoms with Crippen molar-refractivity contribution in [3.8, 4) is 0 Å². The van der Waals surface area contributed by atoms with Crippen LogP contribution in [0, 0.1) is 13.8 Å². The first-order valence-corrected chi connectivity index (χ1v) is 10.7. The molecule has 1 aromatic heterocycles.